The molecule has 1 saturated heterocycles. The molecule has 4 unspecified atom stereocenters. The molecule has 6 nitrogen and oxygen atoms in total. The summed E-state index contributed by atoms with van der Waals surface area (Å²) in [6.07, 6.45) is -1.64. The first-order valence-corrected chi connectivity index (χ1v) is 12.3. The minimum atomic E-state index is -4.42. The highest BCUT2D eigenvalue weighted by molar-refractivity contribution is 7.89. The van der Waals surface area contributed by atoms with Gasteiger partial charge in [0.15, 0.2) is 11.6 Å². The second kappa shape index (κ2) is 9.34. The summed E-state index contributed by atoms with van der Waals surface area (Å²) < 4.78 is 75.3. The van der Waals surface area contributed by atoms with Crippen molar-refractivity contribution in [1.82, 2.24) is 9.62 Å². The van der Waals surface area contributed by atoms with Crippen LogP contribution in [0.3, 0.4) is 0 Å². The number of hydrogen-bond donors (Lipinski definition) is 1. The molecule has 4 atom stereocenters. The number of fused-ring (bicyclic) bond motifs is 5. The minimum absolute atomic E-state index is 0.0459. The second-order valence-electron chi connectivity index (χ2n) is 8.31. The van der Waals surface area contributed by atoms with E-state index >= 15 is 0 Å². The Bertz CT molecular complexity index is 1140. The lowest BCUT2D eigenvalue weighted by molar-refractivity contribution is -0.137. The van der Waals surface area contributed by atoms with Crippen molar-refractivity contribution >= 4 is 15.9 Å². The molecule has 0 aliphatic carbocycles. The first-order valence-electron chi connectivity index (χ1n) is 10.8. The van der Waals surface area contributed by atoms with Crippen molar-refractivity contribution in [1.29, 1.82) is 0 Å². The van der Waals surface area contributed by atoms with Crippen molar-refractivity contribution < 1.29 is 31.1 Å². The molecule has 33 heavy (non-hydrogen) atoms. The van der Waals surface area contributed by atoms with Crippen molar-refractivity contribution in [2.45, 2.75) is 49.9 Å². The topological polar surface area (TPSA) is 75.7 Å². The summed E-state index contributed by atoms with van der Waals surface area (Å²) in [5, 5.41) is 0. The van der Waals surface area contributed by atoms with Gasteiger partial charge in [-0.15, -0.1) is 0 Å². The number of nitrogens with zero attached hydrogens (tertiary/aromatic N) is 1. The molecule has 1 N–H and O–H groups in total. The Balaban J connectivity index is 1.77. The molecule has 0 spiro atoms. The molecule has 2 aliphatic heterocycles. The predicted octanol–water partition coefficient (Wildman–Crippen LogP) is 3.36. The van der Waals surface area contributed by atoms with E-state index in [9.17, 15) is 26.4 Å². The molecule has 0 aromatic heterocycles. The summed E-state index contributed by atoms with van der Waals surface area (Å²) in [5.41, 5.74) is -0.359. The number of nitrogens with one attached hydrogen (secondary N) is 1. The van der Waals surface area contributed by atoms with Gasteiger partial charge in [-0.05, 0) is 37.0 Å². The van der Waals surface area contributed by atoms with Crippen LogP contribution < -0.4 is 9.46 Å². The summed E-state index contributed by atoms with van der Waals surface area (Å²) in [6.45, 7) is 0.838. The van der Waals surface area contributed by atoms with Crippen molar-refractivity contribution in [3.8, 4) is 16.9 Å². The van der Waals surface area contributed by atoms with E-state index in [2.05, 4.69) is 4.72 Å². The maximum atomic E-state index is 15.0. The molecule has 10 heteroatoms. The van der Waals surface area contributed by atoms with E-state index in [1.165, 1.54) is 11.0 Å². The van der Waals surface area contributed by atoms with Gasteiger partial charge in [-0.2, -0.15) is 0 Å². The van der Waals surface area contributed by atoms with Gasteiger partial charge in [-0.3, -0.25) is 4.79 Å². The Labute approximate surface area is 190 Å². The molecular formula is C23H25F3N2O4S. The van der Waals surface area contributed by atoms with E-state index in [0.717, 1.165) is 6.92 Å². The molecule has 1 fully saturated rings. The molecule has 2 aromatic carbocycles. The third-order valence-electron chi connectivity index (χ3n) is 6.11. The van der Waals surface area contributed by atoms with Crippen molar-refractivity contribution in [2.24, 2.45) is 0 Å². The monoisotopic (exact) mass is 482 g/mol. The zero-order valence-corrected chi connectivity index (χ0v) is 18.8. The fourth-order valence-electron chi connectivity index (χ4n) is 4.40. The number of benzene rings is 2. The molecule has 4 rings (SSSR count). The predicted molar refractivity (Wildman–Crippen MR) is 117 cm³/mol. The molecule has 0 radical (unpaired) electrons. The average Bonchev–Trinajstić information content (AvgIpc) is 2.76. The number of amides is 1. The van der Waals surface area contributed by atoms with Crippen LogP contribution in [0.5, 0.6) is 5.75 Å². The van der Waals surface area contributed by atoms with E-state index in [1.54, 1.807) is 36.4 Å². The molecular weight excluding hydrogens is 457 g/mol. The summed E-state index contributed by atoms with van der Waals surface area (Å²) in [4.78, 5) is 14.4. The Hall–Kier alpha value is -2.59. The van der Waals surface area contributed by atoms with Gasteiger partial charge in [0, 0.05) is 12.1 Å². The van der Waals surface area contributed by atoms with Crippen LogP contribution in [0.4, 0.5) is 13.2 Å². The first-order chi connectivity index (χ1) is 15.7. The first kappa shape index (κ1) is 23.6. The standard InChI is InChI=1S/C23H25F3N2O4S/c1-14(24)33(30,31)27-22-18(25)8-10-28-20(22)13-15-4-2-5-16(12-15)17-6-3-7-19(26)23(17)32-11-9-21(28)29/h2-7,12,14,18,20,22,27H,8-11,13H2,1H3. The average molecular weight is 483 g/mol. The Kier molecular flexibility index (Phi) is 6.67. The quantitative estimate of drug-likeness (QED) is 0.728. The largest absolute Gasteiger partial charge is 0.489 e. The molecule has 178 valence electrons. The summed E-state index contributed by atoms with van der Waals surface area (Å²) in [5.74, 6) is -0.878. The van der Waals surface area contributed by atoms with Crippen LogP contribution in [0, 0.1) is 5.82 Å². The minimum Gasteiger partial charge on any atom is -0.489 e. The SMILES string of the molecule is CC(F)S(=O)(=O)NC1C(F)CCN2C(=O)CCOc3c(F)cccc3-c3cccc(c3)CC12. The van der Waals surface area contributed by atoms with Gasteiger partial charge in [0.1, 0.15) is 6.17 Å². The lowest BCUT2D eigenvalue weighted by Crippen LogP contribution is -2.63. The molecule has 2 aromatic rings. The number of para-hydroxylation sites is 1. The number of carbonyl (C=O) groups is 1. The number of carbonyl (C=O) groups excluding carboxylic acids is 1. The van der Waals surface area contributed by atoms with Crippen LogP contribution in [-0.4, -0.2) is 56.1 Å². The third kappa shape index (κ3) is 4.86. The van der Waals surface area contributed by atoms with Gasteiger partial charge in [0.05, 0.1) is 25.1 Å². The van der Waals surface area contributed by atoms with Crippen LogP contribution in [-0.2, 0) is 21.2 Å². The molecule has 1 amide bonds. The maximum Gasteiger partial charge on any atom is 0.244 e. The fourth-order valence-corrected chi connectivity index (χ4v) is 5.27. The maximum absolute atomic E-state index is 15.0. The molecule has 2 bridgehead atoms. The highest BCUT2D eigenvalue weighted by Gasteiger charge is 2.43. The van der Waals surface area contributed by atoms with E-state index in [-0.39, 0.29) is 44.1 Å². The zero-order valence-electron chi connectivity index (χ0n) is 18.0. The summed E-state index contributed by atoms with van der Waals surface area (Å²) in [6, 6.07) is 9.44. The molecule has 2 aliphatic rings. The summed E-state index contributed by atoms with van der Waals surface area (Å²) in [7, 11) is -4.42. The van der Waals surface area contributed by atoms with Crippen molar-refractivity contribution in [3.63, 3.8) is 0 Å². The second-order valence-corrected chi connectivity index (χ2v) is 10.3. The number of rotatable bonds is 3. The van der Waals surface area contributed by atoms with Gasteiger partial charge in [0.25, 0.3) is 0 Å². The molecule has 2 heterocycles. The lowest BCUT2D eigenvalue weighted by Gasteiger charge is -2.43. The van der Waals surface area contributed by atoms with Gasteiger partial charge >= 0.3 is 0 Å². The smallest absolute Gasteiger partial charge is 0.244 e. The van der Waals surface area contributed by atoms with Crippen molar-refractivity contribution in [3.05, 3.63) is 53.8 Å². The van der Waals surface area contributed by atoms with Gasteiger partial charge < -0.3 is 9.64 Å². The van der Waals surface area contributed by atoms with Crippen LogP contribution in [0.2, 0.25) is 0 Å². The Morgan fingerprint density at radius 3 is 2.73 bits per heavy atom. The van der Waals surface area contributed by atoms with Crippen molar-refractivity contribution in [2.75, 3.05) is 13.2 Å². The van der Waals surface area contributed by atoms with Gasteiger partial charge in [-0.1, -0.05) is 36.4 Å². The normalized spacial score (nSPS) is 24.5. The number of alkyl halides is 2. The summed E-state index contributed by atoms with van der Waals surface area (Å²) >= 11 is 0. The number of ether oxygens (including phenoxy) is 1. The van der Waals surface area contributed by atoms with Crippen LogP contribution in [0.1, 0.15) is 25.3 Å². The van der Waals surface area contributed by atoms with Crippen LogP contribution in [0.15, 0.2) is 42.5 Å². The van der Waals surface area contributed by atoms with E-state index in [1.807, 2.05) is 0 Å². The Morgan fingerprint density at radius 2 is 1.97 bits per heavy atom. The number of hydrogen-bond acceptors (Lipinski definition) is 4. The van der Waals surface area contributed by atoms with Gasteiger partial charge in [0.2, 0.25) is 21.4 Å². The highest BCUT2D eigenvalue weighted by Crippen LogP contribution is 2.34. The zero-order chi connectivity index (χ0) is 23.8. The Morgan fingerprint density at radius 1 is 1.21 bits per heavy atom. The number of sulfonamides is 1. The molecule has 0 saturated carbocycles. The van der Waals surface area contributed by atoms with Gasteiger partial charge in [-0.25, -0.2) is 26.3 Å². The number of halogens is 3. The van der Waals surface area contributed by atoms with E-state index < -0.39 is 39.6 Å². The third-order valence-corrected chi connectivity index (χ3v) is 7.57. The fraction of sp³-hybridized carbons (Fsp3) is 0.435. The van der Waals surface area contributed by atoms with Crippen LogP contribution >= 0.6 is 0 Å². The van der Waals surface area contributed by atoms with E-state index in [4.69, 9.17) is 4.74 Å². The van der Waals surface area contributed by atoms with E-state index in [0.29, 0.717) is 16.7 Å². The van der Waals surface area contributed by atoms with Crippen LogP contribution in [0.25, 0.3) is 11.1 Å². The number of piperidine rings is 1. The lowest BCUT2D eigenvalue weighted by atomic mass is 9.89. The highest BCUT2D eigenvalue weighted by atomic mass is 32.2.